The van der Waals surface area contributed by atoms with Crippen LogP contribution in [0.2, 0.25) is 5.02 Å². The SMILES string of the molecule is CN1CCn2c(-c3cccc(F)c3)cnc2C12CCN(C(=O)c1cccc(Cl)c1)CC2. The standard InChI is InChI=1S/C24H24ClFN4O/c1-28-12-13-30-21(17-4-3-7-20(26)15-17)16-27-23(30)24(28)8-10-29(11-9-24)22(31)18-5-2-6-19(25)14-18/h2-7,14-16H,8-13H2,1H3. The van der Waals surface area contributed by atoms with Gasteiger partial charge in [-0.15, -0.1) is 0 Å². The maximum atomic E-state index is 13.8. The molecule has 1 spiro atoms. The molecule has 2 aliphatic rings. The van der Waals surface area contributed by atoms with Crippen molar-refractivity contribution in [2.24, 2.45) is 0 Å². The summed E-state index contributed by atoms with van der Waals surface area (Å²) in [7, 11) is 2.13. The number of halogens is 2. The van der Waals surface area contributed by atoms with Crippen molar-refractivity contribution in [2.45, 2.75) is 24.9 Å². The number of benzene rings is 2. The van der Waals surface area contributed by atoms with E-state index in [0.717, 1.165) is 43.0 Å². The van der Waals surface area contributed by atoms with Gasteiger partial charge in [-0.2, -0.15) is 0 Å². The summed E-state index contributed by atoms with van der Waals surface area (Å²) in [4.78, 5) is 22.0. The summed E-state index contributed by atoms with van der Waals surface area (Å²) in [6.45, 7) is 2.99. The van der Waals surface area contributed by atoms with Crippen molar-refractivity contribution in [1.29, 1.82) is 0 Å². The highest BCUT2D eigenvalue weighted by Gasteiger charge is 2.46. The highest BCUT2D eigenvalue weighted by atomic mass is 35.5. The second-order valence-corrected chi connectivity index (χ2v) is 8.82. The van der Waals surface area contributed by atoms with Crippen LogP contribution < -0.4 is 0 Å². The van der Waals surface area contributed by atoms with Crippen molar-refractivity contribution in [3.63, 3.8) is 0 Å². The first-order valence-corrected chi connectivity index (χ1v) is 10.9. The number of amides is 1. The van der Waals surface area contributed by atoms with Gasteiger partial charge in [0.05, 0.1) is 17.4 Å². The lowest BCUT2D eigenvalue weighted by Crippen LogP contribution is -2.57. The van der Waals surface area contributed by atoms with Crippen LogP contribution in [0.4, 0.5) is 4.39 Å². The van der Waals surface area contributed by atoms with E-state index in [0.29, 0.717) is 23.7 Å². The lowest BCUT2D eigenvalue weighted by molar-refractivity contribution is 0.0101. The molecule has 0 unspecified atom stereocenters. The van der Waals surface area contributed by atoms with Crippen LogP contribution in [0.15, 0.2) is 54.7 Å². The van der Waals surface area contributed by atoms with Crippen molar-refractivity contribution in [3.8, 4) is 11.3 Å². The Morgan fingerprint density at radius 1 is 1.06 bits per heavy atom. The first-order valence-electron chi connectivity index (χ1n) is 10.6. The monoisotopic (exact) mass is 438 g/mol. The van der Waals surface area contributed by atoms with E-state index in [1.807, 2.05) is 23.2 Å². The lowest BCUT2D eigenvalue weighted by atomic mass is 9.83. The number of imidazole rings is 1. The molecule has 1 amide bonds. The summed E-state index contributed by atoms with van der Waals surface area (Å²) in [6.07, 6.45) is 3.46. The first-order chi connectivity index (χ1) is 15.0. The molecule has 0 saturated carbocycles. The number of carbonyl (C=O) groups is 1. The second-order valence-electron chi connectivity index (χ2n) is 8.38. The fourth-order valence-corrected chi connectivity index (χ4v) is 5.17. The number of nitrogens with zero attached hydrogens (tertiary/aromatic N) is 4. The molecular weight excluding hydrogens is 415 g/mol. The number of likely N-dealkylation sites (tertiary alicyclic amines) is 1. The molecule has 1 fully saturated rings. The zero-order valence-electron chi connectivity index (χ0n) is 17.4. The summed E-state index contributed by atoms with van der Waals surface area (Å²) in [5, 5.41) is 0.568. The summed E-state index contributed by atoms with van der Waals surface area (Å²) in [5.41, 5.74) is 2.18. The Balaban J connectivity index is 1.42. The van der Waals surface area contributed by atoms with Gasteiger partial charge >= 0.3 is 0 Å². The van der Waals surface area contributed by atoms with E-state index in [1.54, 1.807) is 30.3 Å². The molecular formula is C24H24ClFN4O. The highest BCUT2D eigenvalue weighted by molar-refractivity contribution is 6.30. The average molecular weight is 439 g/mol. The molecule has 0 atom stereocenters. The predicted molar refractivity (Wildman–Crippen MR) is 119 cm³/mol. The molecule has 31 heavy (non-hydrogen) atoms. The summed E-state index contributed by atoms with van der Waals surface area (Å²) in [6, 6.07) is 13.8. The van der Waals surface area contributed by atoms with Gasteiger partial charge in [0.15, 0.2) is 0 Å². The van der Waals surface area contributed by atoms with Gasteiger partial charge in [0, 0.05) is 42.3 Å². The zero-order valence-corrected chi connectivity index (χ0v) is 18.1. The number of likely N-dealkylation sites (N-methyl/N-ethyl adjacent to an activating group) is 1. The number of hydrogen-bond donors (Lipinski definition) is 0. The fourth-order valence-electron chi connectivity index (χ4n) is 4.98. The van der Waals surface area contributed by atoms with Crippen LogP contribution in [0.5, 0.6) is 0 Å². The van der Waals surface area contributed by atoms with Gasteiger partial charge < -0.3 is 9.47 Å². The minimum atomic E-state index is -0.247. The third-order valence-corrected chi connectivity index (χ3v) is 6.97. The molecule has 2 aromatic carbocycles. The van der Waals surface area contributed by atoms with E-state index in [-0.39, 0.29) is 17.3 Å². The molecule has 1 aromatic heterocycles. The zero-order chi connectivity index (χ0) is 21.6. The molecule has 160 valence electrons. The van der Waals surface area contributed by atoms with Gasteiger partial charge in [0.1, 0.15) is 11.6 Å². The number of rotatable bonds is 2. The van der Waals surface area contributed by atoms with Crippen molar-refractivity contribution in [3.05, 3.63) is 77.0 Å². The molecule has 0 bridgehead atoms. The van der Waals surface area contributed by atoms with Crippen molar-refractivity contribution >= 4 is 17.5 Å². The maximum absolute atomic E-state index is 13.8. The molecule has 1 saturated heterocycles. The number of aromatic nitrogens is 2. The van der Waals surface area contributed by atoms with E-state index >= 15 is 0 Å². The Hall–Kier alpha value is -2.70. The van der Waals surface area contributed by atoms with Gasteiger partial charge in [0.25, 0.3) is 5.91 Å². The smallest absolute Gasteiger partial charge is 0.253 e. The van der Waals surface area contributed by atoms with Crippen LogP contribution in [-0.4, -0.2) is 51.9 Å². The van der Waals surface area contributed by atoms with Gasteiger partial charge in [-0.1, -0.05) is 29.8 Å². The van der Waals surface area contributed by atoms with Crippen molar-refractivity contribution < 1.29 is 9.18 Å². The molecule has 7 heteroatoms. The molecule has 5 rings (SSSR count). The Morgan fingerprint density at radius 3 is 2.58 bits per heavy atom. The van der Waals surface area contributed by atoms with Gasteiger partial charge in [0.2, 0.25) is 0 Å². The summed E-state index contributed by atoms with van der Waals surface area (Å²) >= 11 is 6.07. The van der Waals surface area contributed by atoms with E-state index < -0.39 is 0 Å². The highest BCUT2D eigenvalue weighted by Crippen LogP contribution is 2.41. The van der Waals surface area contributed by atoms with E-state index in [4.69, 9.17) is 16.6 Å². The minimum absolute atomic E-state index is 0.0135. The number of fused-ring (bicyclic) bond motifs is 2. The Kier molecular flexibility index (Phi) is 5.07. The maximum Gasteiger partial charge on any atom is 0.253 e. The molecule has 5 nitrogen and oxygen atoms in total. The quantitative estimate of drug-likeness (QED) is 0.594. The van der Waals surface area contributed by atoms with E-state index in [9.17, 15) is 9.18 Å². The Labute approximate surface area is 186 Å². The van der Waals surface area contributed by atoms with Crippen LogP contribution >= 0.6 is 11.6 Å². The molecule has 0 radical (unpaired) electrons. The Morgan fingerprint density at radius 2 is 1.84 bits per heavy atom. The number of piperidine rings is 1. The molecule has 2 aliphatic heterocycles. The molecule has 0 aliphatic carbocycles. The number of hydrogen-bond acceptors (Lipinski definition) is 3. The third-order valence-electron chi connectivity index (χ3n) is 6.73. The van der Waals surface area contributed by atoms with Crippen molar-refractivity contribution in [2.75, 3.05) is 26.7 Å². The minimum Gasteiger partial charge on any atom is -0.338 e. The van der Waals surface area contributed by atoms with Crippen LogP contribution in [0, 0.1) is 5.82 Å². The summed E-state index contributed by atoms with van der Waals surface area (Å²) in [5.74, 6) is 0.776. The second kappa shape index (κ2) is 7.77. The summed E-state index contributed by atoms with van der Waals surface area (Å²) < 4.78 is 16.0. The van der Waals surface area contributed by atoms with Gasteiger partial charge in [-0.25, -0.2) is 9.37 Å². The molecule has 0 N–H and O–H groups in total. The Bertz CT molecular complexity index is 1140. The average Bonchev–Trinajstić information content (AvgIpc) is 3.22. The predicted octanol–water partition coefficient (Wildman–Crippen LogP) is 4.42. The van der Waals surface area contributed by atoms with E-state index in [1.165, 1.54) is 6.07 Å². The lowest BCUT2D eigenvalue weighted by Gasteiger charge is -2.49. The topological polar surface area (TPSA) is 41.4 Å². The van der Waals surface area contributed by atoms with Crippen LogP contribution in [0.25, 0.3) is 11.3 Å². The van der Waals surface area contributed by atoms with Crippen LogP contribution in [0.1, 0.15) is 29.0 Å². The largest absolute Gasteiger partial charge is 0.338 e. The van der Waals surface area contributed by atoms with Crippen LogP contribution in [-0.2, 0) is 12.1 Å². The van der Waals surface area contributed by atoms with Gasteiger partial charge in [-0.05, 0) is 50.2 Å². The third kappa shape index (κ3) is 3.44. The van der Waals surface area contributed by atoms with Crippen LogP contribution in [0.3, 0.4) is 0 Å². The fraction of sp³-hybridized carbons (Fsp3) is 0.333. The molecule has 3 heterocycles. The number of carbonyl (C=O) groups excluding carboxylic acids is 1. The molecule has 3 aromatic rings. The van der Waals surface area contributed by atoms with Gasteiger partial charge in [-0.3, -0.25) is 9.69 Å². The van der Waals surface area contributed by atoms with E-state index in [2.05, 4.69) is 16.5 Å². The van der Waals surface area contributed by atoms with Crippen molar-refractivity contribution in [1.82, 2.24) is 19.4 Å². The normalized spacial score (nSPS) is 18.2. The first kappa shape index (κ1) is 20.2.